The van der Waals surface area contributed by atoms with Crippen molar-refractivity contribution in [1.29, 1.82) is 0 Å². The first-order chi connectivity index (χ1) is 49.7. The van der Waals surface area contributed by atoms with Gasteiger partial charge in [0.15, 0.2) is 0 Å². The van der Waals surface area contributed by atoms with Crippen LogP contribution in [0.4, 0.5) is 22.7 Å². The predicted octanol–water partition coefficient (Wildman–Crippen LogP) is 21.9. The van der Waals surface area contributed by atoms with Crippen LogP contribution in [0.2, 0.25) is 0 Å². The van der Waals surface area contributed by atoms with Crippen molar-refractivity contribution in [1.82, 2.24) is 37.9 Å². The molecule has 12 nitrogen and oxygen atoms in total. The summed E-state index contributed by atoms with van der Waals surface area (Å²) in [6, 6.07) is 73.9. The molecule has 0 spiro atoms. The standard InChI is InChI=1S/C25H25N3.C24H23N3.2C21H25N3/c1-17-10-11-23-21(14-17)22-16-24(27-13-12-26(4)19(27)3)18(2)15-25(22)28(23)20-8-6-5-7-9-20;1-17-15-21-20-11-7-8-12-22(20)27(19-9-5-4-6-10-19)24(21)16-23(17)26-14-13-25(3)18(26)2;1-14(2)23-10-11-24(16(23)4)20-13-18-17-8-6-7-9-19(17)22(5)21(18)12-15(20)3;1-14(2)24-19-9-7-6-8-17(19)18-13-20(15(3)12-21(18)24)23-11-10-22(5)16(23)4/h5-16,19H,1-4H3;4-16,18H,1-3H3;2*6-14,16H,1-5H3/t19-;18-;2*16-/m0000/s1. The Kier molecular flexibility index (Phi) is 17.7. The summed E-state index contributed by atoms with van der Waals surface area (Å²) in [7, 11) is 8.53. The van der Waals surface area contributed by atoms with Gasteiger partial charge in [0.05, 0.1) is 22.1 Å². The summed E-state index contributed by atoms with van der Waals surface area (Å²) >= 11 is 0. The van der Waals surface area contributed by atoms with Gasteiger partial charge in [-0.05, 0) is 215 Å². The molecule has 0 amide bonds. The van der Waals surface area contributed by atoms with E-state index < -0.39 is 0 Å². The summed E-state index contributed by atoms with van der Waals surface area (Å²) in [5, 5.41) is 10.6. The zero-order valence-electron chi connectivity index (χ0n) is 63.0. The lowest BCUT2D eigenvalue weighted by Gasteiger charge is -2.33. The van der Waals surface area contributed by atoms with E-state index in [0.29, 0.717) is 36.7 Å². The number of anilines is 4. The Morgan fingerprint density at radius 2 is 0.631 bits per heavy atom. The minimum atomic E-state index is 0.315. The summed E-state index contributed by atoms with van der Waals surface area (Å²) in [6.45, 7) is 29.0. The first-order valence-electron chi connectivity index (χ1n) is 36.7. The van der Waals surface area contributed by atoms with Gasteiger partial charge in [0, 0.05) is 189 Å². The molecule has 0 radical (unpaired) electrons. The maximum Gasteiger partial charge on any atom is 0.103 e. The fraction of sp³-hybridized carbons (Fsp3) is 0.253. The topological polar surface area (TPSA) is 45.6 Å². The predicted molar refractivity (Wildman–Crippen MR) is 440 cm³/mol. The van der Waals surface area contributed by atoms with Crippen LogP contribution < -0.4 is 19.6 Å². The van der Waals surface area contributed by atoms with E-state index in [-0.39, 0.29) is 0 Å². The second-order valence-electron chi connectivity index (χ2n) is 29.4. The lowest BCUT2D eigenvalue weighted by atomic mass is 10.1. The molecule has 0 fully saturated rings. The maximum absolute atomic E-state index is 2.46. The average Bonchev–Trinajstić information content (AvgIpc) is 1.61. The molecule has 522 valence electrons. The van der Waals surface area contributed by atoms with Crippen LogP contribution in [0.1, 0.15) is 89.2 Å². The third-order valence-electron chi connectivity index (χ3n) is 22.3. The van der Waals surface area contributed by atoms with Gasteiger partial charge in [-0.15, -0.1) is 0 Å². The Hall–Kier alpha value is -11.2. The minimum absolute atomic E-state index is 0.315. The summed E-state index contributed by atoms with van der Waals surface area (Å²) in [5.74, 6) is 0. The SMILES string of the molecule is Cc1cc2c(cc1N1C=CN(C(C)C)[C@@H]1C)c1ccccc1n2C.Cc1cc2c(cc1N1C=CN(C)[C@@H]1C)c1ccccc1n2C(C)C.Cc1cc2c3ccccc3n(-c3ccccc3)c2cc1N1C=CN(C)[C@@H]1C.Cc1ccc2c(c1)c1cc(N3C=CN(C)[C@@H]3C)c(C)cc1n2-c1ccccc1. The van der Waals surface area contributed by atoms with E-state index >= 15 is 0 Å². The summed E-state index contributed by atoms with van der Waals surface area (Å²) < 4.78 is 9.51. The van der Waals surface area contributed by atoms with Gasteiger partial charge in [0.25, 0.3) is 0 Å². The monoisotopic (exact) mass is 1360 g/mol. The van der Waals surface area contributed by atoms with Crippen molar-refractivity contribution in [2.45, 2.75) is 127 Å². The van der Waals surface area contributed by atoms with Gasteiger partial charge in [-0.2, -0.15) is 0 Å². The number of hydrogen-bond donors (Lipinski definition) is 0. The molecule has 0 aliphatic carbocycles. The van der Waals surface area contributed by atoms with Gasteiger partial charge in [-0.1, -0.05) is 103 Å². The van der Waals surface area contributed by atoms with E-state index in [0.717, 1.165) is 0 Å². The van der Waals surface area contributed by atoms with E-state index in [2.05, 4.69) is 425 Å². The molecular weight excluding hydrogens is 1260 g/mol. The second-order valence-corrected chi connectivity index (χ2v) is 29.4. The molecule has 0 unspecified atom stereocenters. The van der Waals surface area contributed by atoms with Gasteiger partial charge in [0.1, 0.15) is 24.7 Å². The first kappa shape index (κ1) is 67.6. The molecule has 14 aromatic rings. The summed E-state index contributed by atoms with van der Waals surface area (Å²) in [6.07, 6.45) is 18.7. The minimum Gasteiger partial charge on any atom is -0.359 e. The van der Waals surface area contributed by atoms with Crippen molar-refractivity contribution in [3.05, 3.63) is 278 Å². The van der Waals surface area contributed by atoms with E-state index in [1.165, 1.54) is 149 Å². The second kappa shape index (κ2) is 26.9. The Bertz CT molecular complexity index is 5680. The third kappa shape index (κ3) is 11.7. The van der Waals surface area contributed by atoms with Gasteiger partial charge in [-0.3, -0.25) is 0 Å². The first-order valence-corrected chi connectivity index (χ1v) is 36.7. The number of aryl methyl sites for hydroxylation is 6. The van der Waals surface area contributed by atoms with Crippen molar-refractivity contribution < 1.29 is 0 Å². The number of rotatable bonds is 8. The highest BCUT2D eigenvalue weighted by molar-refractivity contribution is 6.13. The molecule has 18 rings (SSSR count). The number of benzene rings is 10. The molecule has 4 aromatic heterocycles. The molecule has 0 saturated heterocycles. The van der Waals surface area contributed by atoms with Crippen molar-refractivity contribution in [2.24, 2.45) is 7.05 Å². The van der Waals surface area contributed by atoms with Crippen molar-refractivity contribution in [3.8, 4) is 11.4 Å². The highest BCUT2D eigenvalue weighted by Crippen LogP contribution is 2.43. The van der Waals surface area contributed by atoms with Crippen LogP contribution in [0.25, 0.3) is 98.6 Å². The van der Waals surface area contributed by atoms with Crippen molar-refractivity contribution in [3.63, 3.8) is 0 Å². The van der Waals surface area contributed by atoms with E-state index in [1.807, 2.05) is 0 Å². The highest BCUT2D eigenvalue weighted by atomic mass is 15.4. The van der Waals surface area contributed by atoms with Crippen LogP contribution in [0.5, 0.6) is 0 Å². The normalized spacial score (nSPS) is 17.2. The molecule has 0 saturated carbocycles. The fourth-order valence-corrected chi connectivity index (χ4v) is 16.3. The third-order valence-corrected chi connectivity index (χ3v) is 22.3. The lowest BCUT2D eigenvalue weighted by Crippen LogP contribution is -2.39. The van der Waals surface area contributed by atoms with Crippen LogP contribution in [0, 0.1) is 34.6 Å². The molecule has 12 heteroatoms. The smallest absolute Gasteiger partial charge is 0.103 e. The molecule has 103 heavy (non-hydrogen) atoms. The number of aromatic nitrogens is 4. The molecule has 4 aliphatic heterocycles. The Morgan fingerprint density at radius 1 is 0.272 bits per heavy atom. The van der Waals surface area contributed by atoms with Crippen LogP contribution in [0.3, 0.4) is 0 Å². The Labute approximate surface area is 607 Å². The molecule has 4 atom stereocenters. The lowest BCUT2D eigenvalue weighted by molar-refractivity contribution is 0.263. The number of hydrogen-bond acceptors (Lipinski definition) is 8. The van der Waals surface area contributed by atoms with Gasteiger partial charge < -0.3 is 57.5 Å². The van der Waals surface area contributed by atoms with E-state index in [4.69, 9.17) is 0 Å². The van der Waals surface area contributed by atoms with E-state index in [9.17, 15) is 0 Å². The van der Waals surface area contributed by atoms with Crippen LogP contribution in [-0.2, 0) is 7.05 Å². The largest absolute Gasteiger partial charge is 0.359 e. The zero-order valence-corrected chi connectivity index (χ0v) is 63.0. The molecule has 8 heterocycles. The van der Waals surface area contributed by atoms with Gasteiger partial charge in [0.2, 0.25) is 0 Å². The quantitative estimate of drug-likeness (QED) is 0.149. The summed E-state index contributed by atoms with van der Waals surface area (Å²) in [5.41, 5.74) is 24.3. The molecule has 0 N–H and O–H groups in total. The highest BCUT2D eigenvalue weighted by Gasteiger charge is 2.30. The molecule has 0 bridgehead atoms. The average molecular weight is 1360 g/mol. The van der Waals surface area contributed by atoms with Gasteiger partial charge >= 0.3 is 0 Å². The van der Waals surface area contributed by atoms with Gasteiger partial charge in [-0.25, -0.2) is 0 Å². The fourth-order valence-electron chi connectivity index (χ4n) is 16.3. The zero-order chi connectivity index (χ0) is 72.0. The molecule has 4 aliphatic rings. The van der Waals surface area contributed by atoms with Crippen LogP contribution in [0.15, 0.2) is 250 Å². The van der Waals surface area contributed by atoms with Crippen molar-refractivity contribution in [2.75, 3.05) is 40.7 Å². The van der Waals surface area contributed by atoms with E-state index in [1.54, 1.807) is 0 Å². The van der Waals surface area contributed by atoms with Crippen LogP contribution >= 0.6 is 0 Å². The Balaban J connectivity index is 0.000000111. The summed E-state index contributed by atoms with van der Waals surface area (Å²) in [4.78, 5) is 18.6. The molecule has 10 aromatic carbocycles. The van der Waals surface area contributed by atoms with Crippen molar-refractivity contribution >= 4 is 110 Å². The van der Waals surface area contributed by atoms with Crippen LogP contribution in [-0.4, -0.2) is 89.7 Å². The Morgan fingerprint density at radius 3 is 1.12 bits per heavy atom. The number of para-hydroxylation sites is 5. The maximum atomic E-state index is 2.46. The molecular formula is C91H98N12. The number of fused-ring (bicyclic) bond motifs is 12. The number of nitrogens with zero attached hydrogens (tertiary/aromatic N) is 12.